The molecule has 4 heteroatoms. The molecule has 1 unspecified atom stereocenters. The molecule has 1 N–H and O–H groups in total. The number of piperidine rings is 1. The molecule has 0 radical (unpaired) electrons. The first-order chi connectivity index (χ1) is 7.70. The lowest BCUT2D eigenvalue weighted by atomic mass is 9.96. The summed E-state index contributed by atoms with van der Waals surface area (Å²) in [6.45, 7) is 0.839. The van der Waals surface area contributed by atoms with Gasteiger partial charge in [0, 0.05) is 0 Å². The van der Waals surface area contributed by atoms with Crippen molar-refractivity contribution < 1.29 is 9.18 Å². The van der Waals surface area contributed by atoms with Crippen LogP contribution in [0.3, 0.4) is 0 Å². The molecule has 1 fully saturated rings. The van der Waals surface area contributed by atoms with Gasteiger partial charge < -0.3 is 5.32 Å². The van der Waals surface area contributed by atoms with Gasteiger partial charge in [-0.25, -0.2) is 4.39 Å². The average molecular weight is 286 g/mol. The molecule has 1 aliphatic rings. The fraction of sp³-hybridized carbons (Fsp3) is 0.417. The summed E-state index contributed by atoms with van der Waals surface area (Å²) >= 11 is 3.09. The summed E-state index contributed by atoms with van der Waals surface area (Å²) in [7, 11) is 0. The SMILES string of the molecule is O=C(c1cccc(Br)c1F)C1CCCCN1. The summed E-state index contributed by atoms with van der Waals surface area (Å²) in [6, 6.07) is 4.60. The van der Waals surface area contributed by atoms with E-state index in [0.717, 1.165) is 25.8 Å². The van der Waals surface area contributed by atoms with Crippen LogP contribution in [-0.4, -0.2) is 18.4 Å². The Morgan fingerprint density at radius 3 is 2.94 bits per heavy atom. The van der Waals surface area contributed by atoms with E-state index in [1.807, 2.05) is 0 Å². The minimum Gasteiger partial charge on any atom is -0.307 e. The van der Waals surface area contributed by atoms with Crippen LogP contribution in [0.5, 0.6) is 0 Å². The average Bonchev–Trinajstić information content (AvgIpc) is 2.33. The number of carbonyl (C=O) groups is 1. The number of hydrogen-bond acceptors (Lipinski definition) is 2. The zero-order valence-corrected chi connectivity index (χ0v) is 10.4. The zero-order chi connectivity index (χ0) is 11.5. The number of carbonyl (C=O) groups excluding carboxylic acids is 1. The van der Waals surface area contributed by atoms with Gasteiger partial charge in [0.25, 0.3) is 0 Å². The monoisotopic (exact) mass is 285 g/mol. The molecule has 0 aromatic heterocycles. The fourth-order valence-electron chi connectivity index (χ4n) is 1.96. The number of benzene rings is 1. The van der Waals surface area contributed by atoms with Gasteiger partial charge in [0.05, 0.1) is 16.1 Å². The number of Topliss-reactive ketones (excluding diaryl/α,β-unsaturated/α-hetero) is 1. The number of hydrogen-bond donors (Lipinski definition) is 1. The van der Waals surface area contributed by atoms with Crippen molar-refractivity contribution in [2.75, 3.05) is 6.54 Å². The lowest BCUT2D eigenvalue weighted by molar-refractivity contribution is 0.0923. The Balaban J connectivity index is 2.22. The van der Waals surface area contributed by atoms with Gasteiger partial charge in [-0.1, -0.05) is 12.5 Å². The van der Waals surface area contributed by atoms with Gasteiger partial charge in [-0.3, -0.25) is 4.79 Å². The lowest BCUT2D eigenvalue weighted by Crippen LogP contribution is -2.40. The van der Waals surface area contributed by atoms with Gasteiger partial charge in [-0.2, -0.15) is 0 Å². The van der Waals surface area contributed by atoms with Crippen molar-refractivity contribution in [3.8, 4) is 0 Å². The normalized spacial score (nSPS) is 20.8. The van der Waals surface area contributed by atoms with Crippen LogP contribution < -0.4 is 5.32 Å². The van der Waals surface area contributed by atoms with Gasteiger partial charge in [0.2, 0.25) is 0 Å². The second-order valence-corrected chi connectivity index (χ2v) is 4.82. The van der Waals surface area contributed by atoms with E-state index in [1.165, 1.54) is 0 Å². The molecule has 16 heavy (non-hydrogen) atoms. The molecule has 2 rings (SSSR count). The number of rotatable bonds is 2. The molecule has 0 saturated carbocycles. The van der Waals surface area contributed by atoms with Crippen LogP contribution in [0.1, 0.15) is 29.6 Å². The quantitative estimate of drug-likeness (QED) is 0.847. The molecule has 0 amide bonds. The largest absolute Gasteiger partial charge is 0.307 e. The van der Waals surface area contributed by atoms with Crippen LogP contribution in [0.2, 0.25) is 0 Å². The van der Waals surface area contributed by atoms with Crippen molar-refractivity contribution in [1.29, 1.82) is 0 Å². The number of ketones is 1. The van der Waals surface area contributed by atoms with Gasteiger partial charge in [-0.15, -0.1) is 0 Å². The van der Waals surface area contributed by atoms with Crippen molar-refractivity contribution in [1.82, 2.24) is 5.32 Å². The highest BCUT2D eigenvalue weighted by Crippen LogP contribution is 2.21. The van der Waals surface area contributed by atoms with Crippen LogP contribution >= 0.6 is 15.9 Å². The van der Waals surface area contributed by atoms with E-state index < -0.39 is 5.82 Å². The maximum atomic E-state index is 13.7. The van der Waals surface area contributed by atoms with E-state index in [-0.39, 0.29) is 17.4 Å². The Hall–Kier alpha value is -0.740. The maximum Gasteiger partial charge on any atom is 0.182 e. The van der Waals surface area contributed by atoms with Crippen molar-refractivity contribution in [3.05, 3.63) is 34.1 Å². The molecule has 0 spiro atoms. The molecule has 1 aromatic carbocycles. The first-order valence-corrected chi connectivity index (χ1v) is 6.21. The highest BCUT2D eigenvalue weighted by Gasteiger charge is 2.24. The summed E-state index contributed by atoms with van der Waals surface area (Å²) in [5.74, 6) is -0.599. The van der Waals surface area contributed by atoms with Crippen molar-refractivity contribution in [3.63, 3.8) is 0 Å². The van der Waals surface area contributed by atoms with E-state index in [0.29, 0.717) is 4.47 Å². The molecule has 0 aliphatic carbocycles. The predicted molar refractivity (Wildman–Crippen MR) is 64.1 cm³/mol. The summed E-state index contributed by atoms with van der Waals surface area (Å²) in [6.07, 6.45) is 2.91. The number of halogens is 2. The van der Waals surface area contributed by atoms with Crippen molar-refractivity contribution >= 4 is 21.7 Å². The van der Waals surface area contributed by atoms with Crippen LogP contribution in [0.25, 0.3) is 0 Å². The molecule has 1 aliphatic heterocycles. The third kappa shape index (κ3) is 2.33. The molecule has 1 aromatic rings. The van der Waals surface area contributed by atoms with Crippen molar-refractivity contribution in [2.45, 2.75) is 25.3 Å². The Kier molecular flexibility index (Phi) is 3.71. The topological polar surface area (TPSA) is 29.1 Å². The van der Waals surface area contributed by atoms with E-state index in [1.54, 1.807) is 18.2 Å². The van der Waals surface area contributed by atoms with Crippen LogP contribution in [-0.2, 0) is 0 Å². The fourth-order valence-corrected chi connectivity index (χ4v) is 2.32. The maximum absolute atomic E-state index is 13.7. The van der Waals surface area contributed by atoms with E-state index in [4.69, 9.17) is 0 Å². The molecule has 1 heterocycles. The third-order valence-corrected chi connectivity index (χ3v) is 3.46. The first kappa shape index (κ1) is 11.7. The minimum absolute atomic E-state index is 0.140. The number of nitrogens with one attached hydrogen (secondary N) is 1. The third-order valence-electron chi connectivity index (χ3n) is 2.84. The lowest BCUT2D eigenvalue weighted by Gasteiger charge is -2.22. The molecular weight excluding hydrogens is 273 g/mol. The Morgan fingerprint density at radius 1 is 1.44 bits per heavy atom. The van der Waals surface area contributed by atoms with Gasteiger partial charge in [0.15, 0.2) is 5.78 Å². The van der Waals surface area contributed by atoms with Crippen LogP contribution in [0.15, 0.2) is 22.7 Å². The standard InChI is InChI=1S/C12H13BrFNO/c13-9-5-3-4-8(11(9)14)12(16)10-6-1-2-7-15-10/h3-5,10,15H,1-2,6-7H2. The molecule has 0 bridgehead atoms. The highest BCUT2D eigenvalue weighted by atomic mass is 79.9. The summed E-state index contributed by atoms with van der Waals surface area (Å²) in [5, 5.41) is 3.13. The molecule has 1 atom stereocenters. The Morgan fingerprint density at radius 2 is 2.25 bits per heavy atom. The van der Waals surface area contributed by atoms with E-state index in [2.05, 4.69) is 21.2 Å². The van der Waals surface area contributed by atoms with Gasteiger partial charge in [-0.05, 0) is 47.4 Å². The predicted octanol–water partition coefficient (Wildman–Crippen LogP) is 2.91. The summed E-state index contributed by atoms with van der Waals surface area (Å²) in [5.41, 5.74) is 0.175. The van der Waals surface area contributed by atoms with Crippen LogP contribution in [0.4, 0.5) is 4.39 Å². The minimum atomic E-state index is -0.458. The second-order valence-electron chi connectivity index (χ2n) is 3.97. The molecule has 2 nitrogen and oxygen atoms in total. The highest BCUT2D eigenvalue weighted by molar-refractivity contribution is 9.10. The molecular formula is C12H13BrFNO. The first-order valence-electron chi connectivity index (χ1n) is 5.42. The zero-order valence-electron chi connectivity index (χ0n) is 8.80. The van der Waals surface area contributed by atoms with Crippen molar-refractivity contribution in [2.24, 2.45) is 0 Å². The van der Waals surface area contributed by atoms with E-state index in [9.17, 15) is 9.18 Å². The smallest absolute Gasteiger partial charge is 0.182 e. The summed E-state index contributed by atoms with van der Waals surface area (Å²) < 4.78 is 14.1. The van der Waals surface area contributed by atoms with Gasteiger partial charge in [0.1, 0.15) is 5.82 Å². The second kappa shape index (κ2) is 5.06. The molecule has 86 valence electrons. The molecule has 1 saturated heterocycles. The van der Waals surface area contributed by atoms with E-state index >= 15 is 0 Å². The Labute approximate surface area is 102 Å². The van der Waals surface area contributed by atoms with Crippen LogP contribution in [0, 0.1) is 5.82 Å². The summed E-state index contributed by atoms with van der Waals surface area (Å²) in [4.78, 5) is 12.0. The van der Waals surface area contributed by atoms with Gasteiger partial charge >= 0.3 is 0 Å². The Bertz CT molecular complexity index is 402.